The average Bonchev–Trinajstić information content (AvgIpc) is 2.79. The number of nitriles is 1. The van der Waals surface area contributed by atoms with Gasteiger partial charge in [-0.3, -0.25) is 0 Å². The minimum atomic E-state index is -0.446. The Balaban J connectivity index is 1.37. The van der Waals surface area contributed by atoms with Crippen LogP contribution in [0.2, 0.25) is 0 Å². The minimum Gasteiger partial charge on any atom is -0.206 e. The lowest BCUT2D eigenvalue weighted by Gasteiger charge is -2.42. The second kappa shape index (κ2) is 9.61. The van der Waals surface area contributed by atoms with Crippen LogP contribution in [0.15, 0.2) is 54.6 Å². The van der Waals surface area contributed by atoms with Crippen LogP contribution in [-0.4, -0.2) is 0 Å². The third kappa shape index (κ3) is 4.67. The molecule has 30 heavy (non-hydrogen) atoms. The molecule has 0 saturated heterocycles. The summed E-state index contributed by atoms with van der Waals surface area (Å²) in [7, 11) is 0. The second-order valence-electron chi connectivity index (χ2n) is 9.28. The van der Waals surface area contributed by atoms with Gasteiger partial charge in [0, 0.05) is 0 Å². The van der Waals surface area contributed by atoms with Crippen LogP contribution in [0.4, 0.5) is 4.39 Å². The molecule has 0 amide bonds. The summed E-state index contributed by atoms with van der Waals surface area (Å²) >= 11 is 0. The topological polar surface area (TPSA) is 23.8 Å². The first-order valence-corrected chi connectivity index (χ1v) is 11.6. The predicted molar refractivity (Wildman–Crippen MR) is 122 cm³/mol. The van der Waals surface area contributed by atoms with E-state index in [9.17, 15) is 4.39 Å². The van der Waals surface area contributed by atoms with Gasteiger partial charge >= 0.3 is 0 Å². The number of halogens is 1. The normalized spacial score (nSPS) is 26.3. The zero-order chi connectivity index (χ0) is 20.9. The molecule has 2 fully saturated rings. The van der Waals surface area contributed by atoms with Gasteiger partial charge in [0.05, 0.1) is 5.56 Å². The van der Waals surface area contributed by atoms with E-state index in [1.165, 1.54) is 63.0 Å². The average molecular weight is 402 g/mol. The van der Waals surface area contributed by atoms with Crippen molar-refractivity contribution in [3.63, 3.8) is 0 Å². The van der Waals surface area contributed by atoms with Crippen molar-refractivity contribution in [2.45, 2.75) is 64.2 Å². The molecule has 2 aromatic rings. The molecule has 156 valence electrons. The van der Waals surface area contributed by atoms with E-state index in [0.29, 0.717) is 5.92 Å². The Kier molecular flexibility index (Phi) is 6.68. The summed E-state index contributed by atoms with van der Waals surface area (Å²) in [6.07, 6.45) is 15.4. The summed E-state index contributed by atoms with van der Waals surface area (Å²) < 4.78 is 14.0. The predicted octanol–water partition coefficient (Wildman–Crippen LogP) is 8.02. The summed E-state index contributed by atoms with van der Waals surface area (Å²) in [5.74, 6) is 2.99. The highest BCUT2D eigenvalue weighted by molar-refractivity contribution is 5.65. The summed E-state index contributed by atoms with van der Waals surface area (Å²) in [5, 5.41) is 8.91. The smallest absolute Gasteiger partial charge is 0.141 e. The van der Waals surface area contributed by atoms with Gasteiger partial charge in [0.15, 0.2) is 0 Å². The lowest BCUT2D eigenvalue weighted by Crippen LogP contribution is -2.30. The number of nitrogens with zero attached hydrogens (tertiary/aromatic N) is 1. The molecule has 0 spiro atoms. The van der Waals surface area contributed by atoms with E-state index < -0.39 is 5.82 Å². The van der Waals surface area contributed by atoms with Crippen LogP contribution in [0, 0.1) is 34.9 Å². The minimum absolute atomic E-state index is 0.101. The number of allylic oxidation sites excluding steroid dienone is 2. The van der Waals surface area contributed by atoms with E-state index in [0.717, 1.165) is 28.9 Å². The summed E-state index contributed by atoms with van der Waals surface area (Å²) in [5.41, 5.74) is 3.38. The van der Waals surface area contributed by atoms with Crippen LogP contribution in [-0.2, 0) is 0 Å². The van der Waals surface area contributed by atoms with Gasteiger partial charge < -0.3 is 0 Å². The van der Waals surface area contributed by atoms with Gasteiger partial charge in [-0.2, -0.15) is 5.26 Å². The second-order valence-corrected chi connectivity index (χ2v) is 9.28. The van der Waals surface area contributed by atoms with E-state index in [1.807, 2.05) is 12.1 Å². The molecular weight excluding hydrogens is 369 g/mol. The molecule has 2 aromatic carbocycles. The third-order valence-electron chi connectivity index (χ3n) is 7.50. The van der Waals surface area contributed by atoms with Crippen LogP contribution < -0.4 is 0 Å². The largest absolute Gasteiger partial charge is 0.206 e. The van der Waals surface area contributed by atoms with Crippen LogP contribution in [0.5, 0.6) is 0 Å². The molecule has 4 unspecified atom stereocenters. The van der Waals surface area contributed by atoms with Gasteiger partial charge in [0.1, 0.15) is 11.9 Å². The fraction of sp³-hybridized carbons (Fsp3) is 0.464. The van der Waals surface area contributed by atoms with E-state index in [1.54, 1.807) is 6.07 Å². The first kappa shape index (κ1) is 20.9. The standard InChI is InChI=1S/C28H32FN/c1-2-3-4-5-20-6-7-25-17-24(13-12-23(25)16-20)21-8-10-22(11-9-21)26-14-15-27(19-30)28(29)18-26/h2-3,8-11,14-15,18,20,23-25H,4-7,12-13,16-17H2,1H3/b3-2+. The van der Waals surface area contributed by atoms with Crippen LogP contribution in [0.25, 0.3) is 11.1 Å². The van der Waals surface area contributed by atoms with Crippen molar-refractivity contribution >= 4 is 0 Å². The monoisotopic (exact) mass is 401 g/mol. The SMILES string of the molecule is C/C=C/CCC1CCC2CC(c3ccc(-c4ccc(C#N)c(F)c4)cc3)CCC2C1. The van der Waals surface area contributed by atoms with Crippen molar-refractivity contribution in [1.29, 1.82) is 5.26 Å². The van der Waals surface area contributed by atoms with Gasteiger partial charge in [-0.15, -0.1) is 0 Å². The molecule has 0 aromatic heterocycles. The van der Waals surface area contributed by atoms with Crippen molar-refractivity contribution in [2.75, 3.05) is 0 Å². The molecule has 0 radical (unpaired) electrons. The van der Waals surface area contributed by atoms with Crippen molar-refractivity contribution in [3.8, 4) is 17.2 Å². The summed E-state index contributed by atoms with van der Waals surface area (Å²) in [6, 6.07) is 15.4. The molecule has 1 nitrogen and oxygen atoms in total. The molecule has 2 aliphatic carbocycles. The van der Waals surface area contributed by atoms with Gasteiger partial charge in [-0.25, -0.2) is 4.39 Å². The molecule has 4 rings (SSSR count). The summed E-state index contributed by atoms with van der Waals surface area (Å²) in [4.78, 5) is 0. The first-order chi connectivity index (χ1) is 14.7. The highest BCUT2D eigenvalue weighted by Gasteiger charge is 2.35. The Hall–Kier alpha value is -2.40. The first-order valence-electron chi connectivity index (χ1n) is 11.6. The highest BCUT2D eigenvalue weighted by Crippen LogP contribution is 2.48. The zero-order valence-electron chi connectivity index (χ0n) is 18.0. The maximum atomic E-state index is 14.0. The Bertz CT molecular complexity index is 921. The zero-order valence-corrected chi connectivity index (χ0v) is 18.0. The maximum Gasteiger partial charge on any atom is 0.141 e. The number of fused-ring (bicyclic) bond motifs is 1. The molecule has 4 atom stereocenters. The van der Waals surface area contributed by atoms with Crippen molar-refractivity contribution < 1.29 is 4.39 Å². The van der Waals surface area contributed by atoms with E-state index >= 15 is 0 Å². The van der Waals surface area contributed by atoms with Crippen molar-refractivity contribution in [2.24, 2.45) is 17.8 Å². The molecule has 0 aliphatic heterocycles. The Morgan fingerprint density at radius 3 is 2.43 bits per heavy atom. The van der Waals surface area contributed by atoms with Gasteiger partial charge in [0.25, 0.3) is 0 Å². The third-order valence-corrected chi connectivity index (χ3v) is 7.50. The maximum absolute atomic E-state index is 14.0. The van der Waals surface area contributed by atoms with Crippen LogP contribution >= 0.6 is 0 Å². The quantitative estimate of drug-likeness (QED) is 0.465. The van der Waals surface area contributed by atoms with Crippen LogP contribution in [0.1, 0.15) is 75.3 Å². The lowest BCUT2D eigenvalue weighted by molar-refractivity contribution is 0.115. The number of rotatable bonds is 5. The Morgan fingerprint density at radius 1 is 0.967 bits per heavy atom. The number of hydrogen-bond acceptors (Lipinski definition) is 1. The fourth-order valence-electron chi connectivity index (χ4n) is 5.78. The highest BCUT2D eigenvalue weighted by atomic mass is 19.1. The molecule has 2 heteroatoms. The van der Waals surface area contributed by atoms with Crippen molar-refractivity contribution in [1.82, 2.24) is 0 Å². The molecular formula is C28H32FN. The Labute approximate surface area is 180 Å². The van der Waals surface area contributed by atoms with E-state index in [4.69, 9.17) is 5.26 Å². The van der Waals surface area contributed by atoms with E-state index in [2.05, 4.69) is 43.3 Å². The summed E-state index contributed by atoms with van der Waals surface area (Å²) in [6.45, 7) is 2.12. The van der Waals surface area contributed by atoms with Crippen LogP contribution in [0.3, 0.4) is 0 Å². The Morgan fingerprint density at radius 2 is 1.70 bits per heavy atom. The van der Waals surface area contributed by atoms with Crippen molar-refractivity contribution in [3.05, 3.63) is 71.6 Å². The van der Waals surface area contributed by atoms with Gasteiger partial charge in [-0.05, 0) is 104 Å². The molecule has 2 saturated carbocycles. The van der Waals surface area contributed by atoms with Gasteiger partial charge in [0.2, 0.25) is 0 Å². The lowest BCUT2D eigenvalue weighted by atomic mass is 9.63. The molecule has 0 N–H and O–H groups in total. The molecule has 0 bridgehead atoms. The fourth-order valence-corrected chi connectivity index (χ4v) is 5.78. The number of hydrogen-bond donors (Lipinski definition) is 0. The molecule has 0 heterocycles. The molecule has 2 aliphatic rings. The van der Waals surface area contributed by atoms with Gasteiger partial charge in [-0.1, -0.05) is 48.9 Å². The number of benzene rings is 2. The van der Waals surface area contributed by atoms with E-state index in [-0.39, 0.29) is 5.56 Å².